The van der Waals surface area contributed by atoms with Crippen LogP contribution in [0.2, 0.25) is 0 Å². The number of hydrogen-bond donors (Lipinski definition) is 0. The molecule has 6 nitrogen and oxygen atoms in total. The van der Waals surface area contributed by atoms with Crippen molar-refractivity contribution in [1.82, 2.24) is 23.3 Å². The standard InChI is InChI=1S/C55H31F3N6/c56-55(57,58)33-29-30-41-40-21-7-14-28-49(40)64(50(41)31-33)54-52(62-45-24-10-3-17-36(45)37-18-4-11-25-46(37)62)42(32-59)51(61-43-22-8-1-15-34(43)35-16-2-9-23-44(35)61)53(60-54)63-47-26-12-5-19-38(47)39-20-6-13-27-48(39)63/h1-31H. The molecule has 302 valence electrons. The fraction of sp³-hybridized carbons (Fsp3) is 0.0182. The molecule has 0 spiro atoms. The Kier molecular flexibility index (Phi) is 7.44. The van der Waals surface area contributed by atoms with Gasteiger partial charge in [-0.2, -0.15) is 18.4 Å². The fourth-order valence-electron chi connectivity index (χ4n) is 10.2. The van der Waals surface area contributed by atoms with Crippen molar-refractivity contribution < 1.29 is 13.2 Å². The van der Waals surface area contributed by atoms with E-state index in [1.165, 1.54) is 6.07 Å². The maximum absolute atomic E-state index is 14.8. The van der Waals surface area contributed by atoms with Crippen LogP contribution < -0.4 is 0 Å². The quantitative estimate of drug-likeness (QED) is 0.177. The third-order valence-corrected chi connectivity index (χ3v) is 12.8. The molecule has 0 bridgehead atoms. The summed E-state index contributed by atoms with van der Waals surface area (Å²) in [5.41, 5.74) is 6.53. The van der Waals surface area contributed by atoms with Gasteiger partial charge >= 0.3 is 6.18 Å². The highest BCUT2D eigenvalue weighted by Crippen LogP contribution is 2.46. The Labute approximate surface area is 362 Å². The molecule has 5 heterocycles. The van der Waals surface area contributed by atoms with E-state index < -0.39 is 11.7 Å². The zero-order valence-corrected chi connectivity index (χ0v) is 33.7. The van der Waals surface area contributed by atoms with Crippen LogP contribution in [0.5, 0.6) is 0 Å². The monoisotopic (exact) mass is 832 g/mol. The first kappa shape index (κ1) is 36.1. The van der Waals surface area contributed by atoms with Crippen molar-refractivity contribution >= 4 is 87.2 Å². The van der Waals surface area contributed by atoms with Gasteiger partial charge in [0, 0.05) is 43.1 Å². The first-order valence-electron chi connectivity index (χ1n) is 21.0. The molecule has 13 rings (SSSR count). The molecule has 9 heteroatoms. The number of alkyl halides is 3. The fourth-order valence-corrected chi connectivity index (χ4v) is 10.2. The van der Waals surface area contributed by atoms with Crippen LogP contribution in [0.25, 0.3) is 110 Å². The van der Waals surface area contributed by atoms with Gasteiger partial charge in [-0.05, 0) is 54.6 Å². The summed E-state index contributed by atoms with van der Waals surface area (Å²) in [5, 5.41) is 19.4. The van der Waals surface area contributed by atoms with Crippen molar-refractivity contribution in [1.29, 1.82) is 5.26 Å². The molecule has 0 amide bonds. The summed E-state index contributed by atoms with van der Waals surface area (Å²) in [7, 11) is 0. The molecule has 5 aromatic heterocycles. The van der Waals surface area contributed by atoms with Gasteiger partial charge in [-0.1, -0.05) is 133 Å². The van der Waals surface area contributed by atoms with Crippen molar-refractivity contribution in [3.63, 3.8) is 0 Å². The van der Waals surface area contributed by atoms with Gasteiger partial charge in [0.05, 0.1) is 49.7 Å². The molecule has 0 aliphatic carbocycles. The zero-order valence-electron chi connectivity index (χ0n) is 33.7. The second kappa shape index (κ2) is 13.2. The van der Waals surface area contributed by atoms with Crippen molar-refractivity contribution in [3.05, 3.63) is 199 Å². The lowest BCUT2D eigenvalue weighted by Gasteiger charge is -2.24. The molecule has 0 N–H and O–H groups in total. The van der Waals surface area contributed by atoms with Crippen LogP contribution in [-0.2, 0) is 6.18 Å². The van der Waals surface area contributed by atoms with Gasteiger partial charge in [0.2, 0.25) is 0 Å². The van der Waals surface area contributed by atoms with E-state index in [1.54, 1.807) is 6.07 Å². The summed E-state index contributed by atoms with van der Waals surface area (Å²) >= 11 is 0. The number of hydrogen-bond acceptors (Lipinski definition) is 2. The molecule has 8 aromatic carbocycles. The topological polar surface area (TPSA) is 56.4 Å². The highest BCUT2D eigenvalue weighted by Gasteiger charge is 2.34. The molecule has 0 aliphatic rings. The average Bonchev–Trinajstić information content (AvgIpc) is 4.06. The average molecular weight is 833 g/mol. The number of para-hydroxylation sites is 7. The minimum Gasteiger partial charge on any atom is -0.305 e. The highest BCUT2D eigenvalue weighted by molar-refractivity contribution is 6.14. The maximum Gasteiger partial charge on any atom is 0.416 e. The lowest BCUT2D eigenvalue weighted by atomic mass is 10.1. The lowest BCUT2D eigenvalue weighted by molar-refractivity contribution is -0.137. The lowest BCUT2D eigenvalue weighted by Crippen LogP contribution is -2.16. The van der Waals surface area contributed by atoms with Gasteiger partial charge in [-0.3, -0.25) is 9.13 Å². The first-order valence-corrected chi connectivity index (χ1v) is 21.0. The van der Waals surface area contributed by atoms with E-state index in [-0.39, 0.29) is 5.56 Å². The number of benzene rings is 8. The van der Waals surface area contributed by atoms with Crippen LogP contribution in [0.3, 0.4) is 0 Å². The Hall–Kier alpha value is -8.61. The summed E-state index contributed by atoms with van der Waals surface area (Å²) in [6.07, 6.45) is -4.62. The van der Waals surface area contributed by atoms with E-state index >= 15 is 0 Å². The summed E-state index contributed by atoms with van der Waals surface area (Å²) in [6.45, 7) is 0. The van der Waals surface area contributed by atoms with Crippen molar-refractivity contribution in [2.24, 2.45) is 0 Å². The minimum absolute atomic E-state index is 0.290. The normalized spacial score (nSPS) is 12.3. The Bertz CT molecular complexity index is 3990. The number of nitrogens with zero attached hydrogens (tertiary/aromatic N) is 6. The van der Waals surface area contributed by atoms with Crippen molar-refractivity contribution in [2.45, 2.75) is 6.18 Å². The van der Waals surface area contributed by atoms with E-state index in [2.05, 4.69) is 80.4 Å². The summed E-state index contributed by atoms with van der Waals surface area (Å²) in [4.78, 5) is 5.85. The third kappa shape index (κ3) is 4.87. The second-order valence-corrected chi connectivity index (χ2v) is 16.1. The van der Waals surface area contributed by atoms with Gasteiger partial charge < -0.3 is 9.13 Å². The van der Waals surface area contributed by atoms with Crippen LogP contribution in [0.15, 0.2) is 188 Å². The van der Waals surface area contributed by atoms with Crippen LogP contribution in [-0.4, -0.2) is 23.3 Å². The Morgan fingerprint density at radius 3 is 0.953 bits per heavy atom. The zero-order chi connectivity index (χ0) is 42.8. The second-order valence-electron chi connectivity index (χ2n) is 16.1. The molecular formula is C55H31F3N6. The van der Waals surface area contributed by atoms with Crippen LogP contribution in [0, 0.1) is 11.3 Å². The predicted octanol–water partition coefficient (Wildman–Crippen LogP) is 14.4. The van der Waals surface area contributed by atoms with E-state index in [0.717, 1.165) is 76.9 Å². The molecular weight excluding hydrogens is 802 g/mol. The van der Waals surface area contributed by atoms with Crippen molar-refractivity contribution in [2.75, 3.05) is 0 Å². The van der Waals surface area contributed by atoms with E-state index in [1.807, 2.05) is 114 Å². The minimum atomic E-state index is -4.62. The molecule has 0 unspecified atom stereocenters. The van der Waals surface area contributed by atoms with E-state index in [9.17, 15) is 18.4 Å². The molecule has 0 saturated heterocycles. The molecule has 0 saturated carbocycles. The Balaban J connectivity index is 1.34. The van der Waals surface area contributed by atoms with Gasteiger partial charge in [-0.15, -0.1) is 0 Å². The number of halogens is 3. The smallest absolute Gasteiger partial charge is 0.305 e. The first-order chi connectivity index (χ1) is 31.4. The summed E-state index contributed by atoms with van der Waals surface area (Å²) in [5.74, 6) is 0.743. The van der Waals surface area contributed by atoms with Gasteiger partial charge in [0.15, 0.2) is 11.6 Å². The van der Waals surface area contributed by atoms with E-state index in [0.29, 0.717) is 39.4 Å². The SMILES string of the molecule is N#Cc1c(-n2c3ccccc3c3ccccc32)c(-n2c3ccccc3c3ccccc32)nc(-n2c3ccccc3c3ccc(C(F)(F)F)cc32)c1-n1c2ccccc2c2ccccc21. The van der Waals surface area contributed by atoms with Crippen LogP contribution >= 0.6 is 0 Å². The van der Waals surface area contributed by atoms with Gasteiger partial charge in [-0.25, -0.2) is 4.98 Å². The van der Waals surface area contributed by atoms with Gasteiger partial charge in [0.1, 0.15) is 23.0 Å². The Morgan fingerprint density at radius 2 is 0.641 bits per heavy atom. The van der Waals surface area contributed by atoms with Crippen LogP contribution in [0.1, 0.15) is 11.1 Å². The largest absolute Gasteiger partial charge is 0.416 e. The number of rotatable bonds is 4. The summed E-state index contributed by atoms with van der Waals surface area (Å²) in [6, 6.07) is 62.9. The highest BCUT2D eigenvalue weighted by atomic mass is 19.4. The van der Waals surface area contributed by atoms with Crippen LogP contribution in [0.4, 0.5) is 13.2 Å². The summed E-state index contributed by atoms with van der Waals surface area (Å²) < 4.78 is 52.6. The number of pyridine rings is 1. The molecule has 0 atom stereocenters. The molecule has 0 aliphatic heterocycles. The number of aromatic nitrogens is 5. The number of nitriles is 1. The van der Waals surface area contributed by atoms with Crippen molar-refractivity contribution in [3.8, 4) is 29.1 Å². The maximum atomic E-state index is 14.8. The molecule has 64 heavy (non-hydrogen) atoms. The number of fused-ring (bicyclic) bond motifs is 12. The molecule has 13 aromatic rings. The predicted molar refractivity (Wildman–Crippen MR) is 251 cm³/mol. The molecule has 0 radical (unpaired) electrons. The third-order valence-electron chi connectivity index (χ3n) is 12.8. The Morgan fingerprint density at radius 1 is 0.359 bits per heavy atom. The van der Waals surface area contributed by atoms with Gasteiger partial charge in [0.25, 0.3) is 0 Å². The molecule has 0 fully saturated rings. The van der Waals surface area contributed by atoms with E-state index in [4.69, 9.17) is 4.98 Å².